The Morgan fingerprint density at radius 3 is 2.31 bits per heavy atom. The van der Waals surface area contributed by atoms with Crippen molar-refractivity contribution in [3.63, 3.8) is 0 Å². The first-order valence-electron chi connectivity index (χ1n) is 12.1. The van der Waals surface area contributed by atoms with Gasteiger partial charge in [-0.2, -0.15) is 13.2 Å². The molecule has 1 amide bonds. The second-order valence-electron chi connectivity index (χ2n) is 9.23. The van der Waals surface area contributed by atoms with Crippen LogP contribution in [-0.4, -0.2) is 43.3 Å². The Kier molecular flexibility index (Phi) is 8.55. The highest BCUT2D eigenvalue weighted by Crippen LogP contribution is 2.32. The van der Waals surface area contributed by atoms with Gasteiger partial charge in [-0.05, 0) is 47.0 Å². The predicted octanol–water partition coefficient (Wildman–Crippen LogP) is 3.59. The minimum atomic E-state index is -4.61. The Labute approximate surface area is 224 Å². The molecule has 0 saturated carbocycles. The van der Waals surface area contributed by atoms with Crippen molar-refractivity contribution in [2.45, 2.75) is 42.2 Å². The van der Waals surface area contributed by atoms with Gasteiger partial charge >= 0.3 is 6.18 Å². The van der Waals surface area contributed by atoms with Crippen LogP contribution in [-0.2, 0) is 27.4 Å². The van der Waals surface area contributed by atoms with E-state index in [0.717, 1.165) is 23.3 Å². The number of rotatable bonds is 9. The van der Waals surface area contributed by atoms with E-state index in [1.165, 1.54) is 0 Å². The Bertz CT molecular complexity index is 1440. The quantitative estimate of drug-likeness (QED) is 0.299. The molecule has 3 atom stereocenters. The van der Waals surface area contributed by atoms with Gasteiger partial charge in [-0.15, -0.1) is 0 Å². The number of carbonyl (C=O) groups is 1. The molecule has 1 aliphatic carbocycles. The van der Waals surface area contributed by atoms with Crippen molar-refractivity contribution in [3.05, 3.63) is 107 Å². The molecule has 0 aromatic heterocycles. The number of aliphatic hydroxyl groups is 2. The molecule has 0 saturated heterocycles. The van der Waals surface area contributed by atoms with Crippen molar-refractivity contribution in [2.24, 2.45) is 0 Å². The Morgan fingerprint density at radius 2 is 1.64 bits per heavy atom. The van der Waals surface area contributed by atoms with Crippen LogP contribution in [0.5, 0.6) is 0 Å². The molecule has 0 aliphatic heterocycles. The van der Waals surface area contributed by atoms with Gasteiger partial charge in [-0.25, -0.2) is 13.1 Å². The van der Waals surface area contributed by atoms with Gasteiger partial charge in [0.15, 0.2) is 0 Å². The second-order valence-corrected chi connectivity index (χ2v) is 11.0. The number of fused-ring (bicyclic) bond motifs is 1. The number of aliphatic hydroxyl groups excluding tert-OH is 2. The lowest BCUT2D eigenvalue weighted by Crippen LogP contribution is -2.37. The summed E-state index contributed by atoms with van der Waals surface area (Å²) in [5, 5.41) is 24.0. The predicted molar refractivity (Wildman–Crippen MR) is 139 cm³/mol. The van der Waals surface area contributed by atoms with E-state index in [1.54, 1.807) is 36.4 Å². The molecule has 1 aliphatic rings. The summed E-state index contributed by atoms with van der Waals surface area (Å²) in [6.07, 6.45) is -5.06. The van der Waals surface area contributed by atoms with E-state index in [4.69, 9.17) is 0 Å². The number of halogens is 3. The summed E-state index contributed by atoms with van der Waals surface area (Å²) in [5.74, 6) is -0.538. The Hall–Kier alpha value is -3.51. The highest BCUT2D eigenvalue weighted by molar-refractivity contribution is 7.89. The van der Waals surface area contributed by atoms with Crippen molar-refractivity contribution < 1.29 is 36.6 Å². The summed E-state index contributed by atoms with van der Waals surface area (Å²) in [6, 6.07) is 18.5. The fourth-order valence-electron chi connectivity index (χ4n) is 4.39. The highest BCUT2D eigenvalue weighted by Gasteiger charge is 2.33. The maximum Gasteiger partial charge on any atom is 0.416 e. The third-order valence-electron chi connectivity index (χ3n) is 6.38. The Morgan fingerprint density at radius 1 is 1.00 bits per heavy atom. The van der Waals surface area contributed by atoms with Crippen LogP contribution in [0.2, 0.25) is 0 Å². The highest BCUT2D eigenvalue weighted by atomic mass is 32.2. The largest absolute Gasteiger partial charge is 0.416 e. The van der Waals surface area contributed by atoms with Crippen molar-refractivity contribution >= 4 is 22.0 Å². The van der Waals surface area contributed by atoms with Gasteiger partial charge < -0.3 is 15.5 Å². The second kappa shape index (κ2) is 11.7. The van der Waals surface area contributed by atoms with Crippen LogP contribution in [0.25, 0.3) is 6.08 Å². The average Bonchev–Trinajstić information content (AvgIpc) is 3.22. The minimum absolute atomic E-state index is 0.152. The van der Waals surface area contributed by atoms with E-state index in [0.29, 0.717) is 24.1 Å². The van der Waals surface area contributed by atoms with E-state index >= 15 is 0 Å². The number of sulfonamides is 1. The zero-order chi connectivity index (χ0) is 28.2. The van der Waals surface area contributed by atoms with Gasteiger partial charge in [0.1, 0.15) is 0 Å². The van der Waals surface area contributed by atoms with Crippen LogP contribution >= 0.6 is 0 Å². The summed E-state index contributed by atoms with van der Waals surface area (Å²) in [4.78, 5) is 12.9. The Balaban J connectivity index is 1.47. The van der Waals surface area contributed by atoms with E-state index < -0.39 is 57.4 Å². The molecule has 3 aromatic rings. The lowest BCUT2D eigenvalue weighted by molar-refractivity contribution is -0.137. The first-order chi connectivity index (χ1) is 18.4. The van der Waals surface area contributed by atoms with Crippen LogP contribution in [0, 0.1) is 0 Å². The smallest absolute Gasteiger partial charge is 0.391 e. The van der Waals surface area contributed by atoms with Crippen molar-refractivity contribution in [1.29, 1.82) is 0 Å². The van der Waals surface area contributed by atoms with E-state index in [1.807, 2.05) is 24.3 Å². The molecule has 7 nitrogen and oxygen atoms in total. The normalized spacial score (nSPS) is 18.4. The maximum atomic E-state index is 13.3. The zero-order valence-corrected chi connectivity index (χ0v) is 21.4. The summed E-state index contributed by atoms with van der Waals surface area (Å²) in [6.45, 7) is -0.488. The molecule has 0 radical (unpaired) electrons. The summed E-state index contributed by atoms with van der Waals surface area (Å²) < 4.78 is 65.7. The van der Waals surface area contributed by atoms with Gasteiger partial charge in [-0.1, -0.05) is 54.6 Å². The SMILES string of the molecule is O=C(N[C@H]1c2ccccc2C[C@H]1O)/C(=C\c1ccccc1)C[C@H](O)CNS(=O)(=O)c1ccc(C(F)(F)F)cc1. The number of nitrogens with one attached hydrogen (secondary N) is 2. The van der Waals surface area contributed by atoms with Crippen LogP contribution in [0.4, 0.5) is 13.2 Å². The van der Waals surface area contributed by atoms with Crippen LogP contribution in [0.1, 0.15) is 34.7 Å². The minimum Gasteiger partial charge on any atom is -0.391 e. The molecule has 0 unspecified atom stereocenters. The first kappa shape index (κ1) is 28.5. The monoisotopic (exact) mass is 560 g/mol. The van der Waals surface area contributed by atoms with Crippen molar-refractivity contribution in [1.82, 2.24) is 10.0 Å². The van der Waals surface area contributed by atoms with E-state index in [2.05, 4.69) is 10.0 Å². The summed E-state index contributed by atoms with van der Waals surface area (Å²) in [5.41, 5.74) is 1.55. The fraction of sp³-hybridized carbons (Fsp3) is 0.250. The van der Waals surface area contributed by atoms with Crippen molar-refractivity contribution in [2.75, 3.05) is 6.54 Å². The lowest BCUT2D eigenvalue weighted by atomic mass is 10.0. The summed E-state index contributed by atoms with van der Waals surface area (Å²) in [7, 11) is -4.22. The fourth-order valence-corrected chi connectivity index (χ4v) is 5.46. The van der Waals surface area contributed by atoms with Gasteiger partial charge in [0.2, 0.25) is 15.9 Å². The topological polar surface area (TPSA) is 116 Å². The van der Waals surface area contributed by atoms with Gasteiger partial charge in [0, 0.05) is 25.0 Å². The molecule has 4 rings (SSSR count). The van der Waals surface area contributed by atoms with Crippen LogP contribution in [0.15, 0.2) is 89.3 Å². The van der Waals surface area contributed by atoms with E-state index in [9.17, 15) is 36.6 Å². The standard InChI is InChI=1S/C28H27F3N2O5S/c29-28(30,31)21-10-12-23(13-11-21)39(37,38)32-17-22(34)15-20(14-18-6-2-1-3-7-18)27(36)33-26-24-9-5-4-8-19(24)16-25(26)35/h1-14,22,25-26,32,34-35H,15-17H2,(H,33,36)/b20-14-/t22-,25+,26-/m0/s1. The number of amides is 1. The average molecular weight is 561 g/mol. The van der Waals surface area contributed by atoms with Crippen LogP contribution in [0.3, 0.4) is 0 Å². The van der Waals surface area contributed by atoms with Gasteiger partial charge in [-0.3, -0.25) is 4.79 Å². The third-order valence-corrected chi connectivity index (χ3v) is 7.82. The molecule has 0 fully saturated rings. The van der Waals surface area contributed by atoms with Gasteiger partial charge in [0.25, 0.3) is 0 Å². The van der Waals surface area contributed by atoms with Crippen molar-refractivity contribution in [3.8, 4) is 0 Å². The molecule has 0 spiro atoms. The third kappa shape index (κ3) is 7.12. The van der Waals surface area contributed by atoms with Crippen LogP contribution < -0.4 is 10.0 Å². The number of hydrogen-bond acceptors (Lipinski definition) is 5. The molecule has 39 heavy (non-hydrogen) atoms. The van der Waals surface area contributed by atoms with E-state index in [-0.39, 0.29) is 12.0 Å². The molecule has 4 N–H and O–H groups in total. The number of hydrogen-bond donors (Lipinski definition) is 4. The zero-order valence-electron chi connectivity index (χ0n) is 20.6. The lowest BCUT2D eigenvalue weighted by Gasteiger charge is -2.20. The molecule has 206 valence electrons. The molecular formula is C28H27F3N2O5S. The molecule has 3 aromatic carbocycles. The number of carbonyl (C=O) groups excluding carboxylic acids is 1. The summed E-state index contributed by atoms with van der Waals surface area (Å²) >= 11 is 0. The molecule has 0 heterocycles. The van der Waals surface area contributed by atoms with Gasteiger partial charge in [0.05, 0.1) is 28.7 Å². The maximum absolute atomic E-state index is 13.3. The number of alkyl halides is 3. The molecule has 0 bridgehead atoms. The first-order valence-corrected chi connectivity index (χ1v) is 13.6. The molecular weight excluding hydrogens is 533 g/mol. The molecule has 11 heteroatoms. The number of benzene rings is 3.